The van der Waals surface area contributed by atoms with Crippen LogP contribution in [0, 0.1) is 0 Å². The molecule has 28 heavy (non-hydrogen) atoms. The van der Waals surface area contributed by atoms with Crippen LogP contribution in [-0.4, -0.2) is 59.2 Å². The molecule has 2 aromatic heterocycles. The minimum Gasteiger partial charge on any atom is -0.478 e. The number of ether oxygens (including phenoxy) is 1. The second-order valence-electron chi connectivity index (χ2n) is 5.85. The van der Waals surface area contributed by atoms with E-state index in [1.54, 1.807) is 12.3 Å². The van der Waals surface area contributed by atoms with Gasteiger partial charge in [0.25, 0.3) is 6.02 Å². The fraction of sp³-hybridized carbons (Fsp3) is 0.278. The Morgan fingerprint density at radius 1 is 1.07 bits per heavy atom. The molecule has 0 radical (unpaired) electrons. The highest BCUT2D eigenvalue weighted by molar-refractivity contribution is 5.99. The molecule has 0 unspecified atom stereocenters. The van der Waals surface area contributed by atoms with Gasteiger partial charge in [-0.05, 0) is 18.2 Å². The first-order valence-corrected chi connectivity index (χ1v) is 8.69. The molecular weight excluding hydrogens is 364 g/mol. The van der Waals surface area contributed by atoms with Crippen molar-refractivity contribution < 1.29 is 19.4 Å². The molecule has 2 aromatic rings. The average Bonchev–Trinajstić information content (AvgIpc) is 3.43. The maximum atomic E-state index is 12.1. The Balaban J connectivity index is 0.000000211. The summed E-state index contributed by atoms with van der Waals surface area (Å²) in [7, 11) is 0. The van der Waals surface area contributed by atoms with Crippen LogP contribution in [0.4, 0.5) is 0 Å². The number of nitrogens with one attached hydrogen (secondary N) is 3. The van der Waals surface area contributed by atoms with E-state index in [-0.39, 0.29) is 17.8 Å². The van der Waals surface area contributed by atoms with E-state index in [1.165, 1.54) is 24.7 Å². The first kappa shape index (κ1) is 19.4. The predicted octanol–water partition coefficient (Wildman–Crippen LogP) is 0.169. The number of nitrogens with zero attached hydrogens (tertiary/aromatic N) is 3. The number of hydrogen-bond acceptors (Lipinski definition) is 9. The van der Waals surface area contributed by atoms with Crippen LogP contribution in [0.1, 0.15) is 32.4 Å². The van der Waals surface area contributed by atoms with Gasteiger partial charge in [0.2, 0.25) is 0 Å². The van der Waals surface area contributed by atoms with Crippen molar-refractivity contribution in [2.75, 3.05) is 26.2 Å². The normalized spacial score (nSPS) is 15.8. The number of carboxylic acids is 1. The van der Waals surface area contributed by atoms with Gasteiger partial charge < -0.3 is 15.2 Å². The van der Waals surface area contributed by atoms with Crippen LogP contribution in [0.15, 0.2) is 48.0 Å². The molecular formula is C18H20N6O4. The summed E-state index contributed by atoms with van der Waals surface area (Å²) in [5.41, 5.74) is 1.51. The highest BCUT2D eigenvalue weighted by Gasteiger charge is 2.24. The van der Waals surface area contributed by atoms with Crippen LogP contribution in [0.5, 0.6) is 0 Å². The molecule has 4 N–H and O–H groups in total. The number of pyridine rings is 2. The van der Waals surface area contributed by atoms with Crippen LogP contribution in [-0.2, 0) is 4.74 Å². The Labute approximate surface area is 161 Å². The van der Waals surface area contributed by atoms with Crippen molar-refractivity contribution in [3.63, 3.8) is 0 Å². The molecule has 4 rings (SSSR count). The highest BCUT2D eigenvalue weighted by atomic mass is 16.6. The van der Waals surface area contributed by atoms with E-state index in [9.17, 15) is 9.59 Å². The first-order chi connectivity index (χ1) is 13.6. The van der Waals surface area contributed by atoms with Crippen molar-refractivity contribution >= 4 is 18.0 Å². The third kappa shape index (κ3) is 5.09. The molecule has 0 bridgehead atoms. The van der Waals surface area contributed by atoms with E-state index in [1.807, 2.05) is 6.07 Å². The van der Waals surface area contributed by atoms with Crippen LogP contribution in [0.3, 0.4) is 0 Å². The van der Waals surface area contributed by atoms with Crippen LogP contribution in [0.25, 0.3) is 0 Å². The second-order valence-corrected chi connectivity index (χ2v) is 5.85. The summed E-state index contributed by atoms with van der Waals surface area (Å²) in [5, 5.41) is 17.8. The van der Waals surface area contributed by atoms with Gasteiger partial charge in [-0.15, -0.1) is 0 Å². The Kier molecular flexibility index (Phi) is 6.60. The van der Waals surface area contributed by atoms with Crippen LogP contribution >= 0.6 is 0 Å². The number of carbonyl (C=O) groups excluding carboxylic acids is 1. The lowest BCUT2D eigenvalue weighted by Gasteiger charge is -2.14. The van der Waals surface area contributed by atoms with Crippen molar-refractivity contribution in [3.05, 3.63) is 59.7 Å². The number of amidine groups is 1. The smallest absolute Gasteiger partial charge is 0.347 e. The molecule has 0 aliphatic carbocycles. The summed E-state index contributed by atoms with van der Waals surface area (Å²) in [6.45, 7) is 3.08. The molecule has 10 heteroatoms. The summed E-state index contributed by atoms with van der Waals surface area (Å²) in [4.78, 5) is 34.0. The topological polar surface area (TPSA) is 138 Å². The Morgan fingerprint density at radius 3 is 2.46 bits per heavy atom. The molecule has 0 saturated carbocycles. The van der Waals surface area contributed by atoms with E-state index in [4.69, 9.17) is 9.84 Å². The number of hydrogen-bond donors (Lipinski definition) is 4. The molecule has 0 aromatic carbocycles. The highest BCUT2D eigenvalue weighted by Crippen LogP contribution is 2.18. The van der Waals surface area contributed by atoms with Gasteiger partial charge in [0.1, 0.15) is 0 Å². The average molecular weight is 384 g/mol. The first-order valence-electron chi connectivity index (χ1n) is 8.69. The summed E-state index contributed by atoms with van der Waals surface area (Å²) < 4.78 is 5.20. The monoisotopic (exact) mass is 384 g/mol. The van der Waals surface area contributed by atoms with Gasteiger partial charge in [-0.3, -0.25) is 20.6 Å². The zero-order chi connectivity index (χ0) is 19.8. The van der Waals surface area contributed by atoms with E-state index in [0.29, 0.717) is 18.7 Å². The van der Waals surface area contributed by atoms with Crippen molar-refractivity contribution in [1.82, 2.24) is 25.9 Å². The fourth-order valence-corrected chi connectivity index (χ4v) is 2.63. The van der Waals surface area contributed by atoms with Gasteiger partial charge >= 0.3 is 11.9 Å². The number of carbonyl (C=O) groups is 2. The van der Waals surface area contributed by atoms with Crippen LogP contribution in [0.2, 0.25) is 0 Å². The Morgan fingerprint density at radius 2 is 1.86 bits per heavy atom. The molecule has 0 atom stereocenters. The third-order valence-corrected chi connectivity index (χ3v) is 3.95. The molecule has 146 valence electrons. The zero-order valence-electron chi connectivity index (χ0n) is 15.0. The lowest BCUT2D eigenvalue weighted by molar-refractivity contribution is 0.0690. The Bertz CT molecular complexity index is 852. The molecule has 1 fully saturated rings. The SMILES string of the molecule is O=C(O)c1cccnc1.O=C(OC1=NCCN1)c1cnccc1C1NCCN1. The number of rotatable bonds is 3. The van der Waals surface area contributed by atoms with E-state index >= 15 is 0 Å². The van der Waals surface area contributed by atoms with Crippen molar-refractivity contribution in [3.8, 4) is 0 Å². The minimum atomic E-state index is -0.942. The molecule has 1 saturated heterocycles. The van der Waals surface area contributed by atoms with Gasteiger partial charge in [0.15, 0.2) is 0 Å². The number of aliphatic imine (C=N–C) groups is 1. The summed E-state index contributed by atoms with van der Waals surface area (Å²) in [6, 6.07) is 5.18. The number of carboxylic acid groups (broad SMARTS) is 1. The summed E-state index contributed by atoms with van der Waals surface area (Å²) in [5.74, 6) is -1.38. The third-order valence-electron chi connectivity index (χ3n) is 3.95. The van der Waals surface area contributed by atoms with E-state index in [0.717, 1.165) is 18.7 Å². The second kappa shape index (κ2) is 9.53. The molecule has 10 nitrogen and oxygen atoms in total. The lowest BCUT2D eigenvalue weighted by Crippen LogP contribution is -2.27. The number of esters is 1. The molecule has 4 heterocycles. The van der Waals surface area contributed by atoms with Gasteiger partial charge in [-0.1, -0.05) is 0 Å². The molecule has 2 aliphatic rings. The molecule has 2 aliphatic heterocycles. The van der Waals surface area contributed by atoms with Gasteiger partial charge in [0.05, 0.1) is 23.8 Å². The maximum absolute atomic E-state index is 12.1. The predicted molar refractivity (Wildman–Crippen MR) is 99.9 cm³/mol. The van der Waals surface area contributed by atoms with E-state index in [2.05, 4.69) is 30.9 Å². The lowest BCUT2D eigenvalue weighted by atomic mass is 10.1. The van der Waals surface area contributed by atoms with Gasteiger partial charge in [-0.2, -0.15) is 0 Å². The van der Waals surface area contributed by atoms with Crippen molar-refractivity contribution in [2.45, 2.75) is 6.17 Å². The van der Waals surface area contributed by atoms with E-state index < -0.39 is 11.9 Å². The standard InChI is InChI=1S/C12H15N5O2.C6H5NO2/c18-11(19-12-16-5-6-17-12)9-7-13-2-1-8(9)10-14-3-4-15-10;8-6(9)5-2-1-3-7-4-5/h1-2,7,10,14-15H,3-6H2,(H,16,17);1-4H,(H,8,9). The molecule has 0 amide bonds. The fourth-order valence-electron chi connectivity index (χ4n) is 2.63. The van der Waals surface area contributed by atoms with Crippen molar-refractivity contribution in [2.24, 2.45) is 4.99 Å². The zero-order valence-corrected chi connectivity index (χ0v) is 15.0. The Hall–Kier alpha value is -3.37. The number of aromatic nitrogens is 2. The number of aromatic carboxylic acids is 1. The summed E-state index contributed by atoms with van der Waals surface area (Å²) in [6.07, 6.45) is 5.99. The van der Waals surface area contributed by atoms with Gasteiger partial charge in [-0.25, -0.2) is 14.6 Å². The van der Waals surface area contributed by atoms with Crippen molar-refractivity contribution in [1.29, 1.82) is 0 Å². The minimum absolute atomic E-state index is 0.0379. The largest absolute Gasteiger partial charge is 0.478 e. The maximum Gasteiger partial charge on any atom is 0.347 e. The summed E-state index contributed by atoms with van der Waals surface area (Å²) >= 11 is 0. The quantitative estimate of drug-likeness (QED) is 0.546. The van der Waals surface area contributed by atoms with Crippen LogP contribution < -0.4 is 16.0 Å². The molecule has 0 spiro atoms. The van der Waals surface area contributed by atoms with Gasteiger partial charge in [0, 0.05) is 50.0 Å².